The van der Waals surface area contributed by atoms with E-state index in [0.29, 0.717) is 13.0 Å². The molecule has 1 unspecified atom stereocenters. The molecule has 0 heterocycles. The SMILES string of the molecule is CC(C)C(C)N(C)S(=O)(=O)N(C)CCCO. The highest BCUT2D eigenvalue weighted by atomic mass is 32.2. The van der Waals surface area contributed by atoms with Gasteiger partial charge in [0, 0.05) is 33.3 Å². The minimum atomic E-state index is -3.40. The largest absolute Gasteiger partial charge is 0.396 e. The van der Waals surface area contributed by atoms with Gasteiger partial charge >= 0.3 is 0 Å². The molecule has 5 nitrogen and oxygen atoms in total. The molecule has 98 valence electrons. The van der Waals surface area contributed by atoms with Crippen molar-refractivity contribution in [2.45, 2.75) is 33.2 Å². The summed E-state index contributed by atoms with van der Waals surface area (Å²) in [5.41, 5.74) is 0. The van der Waals surface area contributed by atoms with Gasteiger partial charge in [0.15, 0.2) is 0 Å². The molecule has 0 aromatic heterocycles. The summed E-state index contributed by atoms with van der Waals surface area (Å²) >= 11 is 0. The van der Waals surface area contributed by atoms with Crippen LogP contribution in [0.1, 0.15) is 27.2 Å². The summed E-state index contributed by atoms with van der Waals surface area (Å²) in [6.45, 7) is 6.22. The van der Waals surface area contributed by atoms with Crippen LogP contribution in [0, 0.1) is 5.92 Å². The highest BCUT2D eigenvalue weighted by Crippen LogP contribution is 2.14. The maximum Gasteiger partial charge on any atom is 0.281 e. The molecule has 0 amide bonds. The lowest BCUT2D eigenvalue weighted by molar-refractivity contribution is 0.263. The molecule has 0 bridgehead atoms. The number of hydrogen-bond acceptors (Lipinski definition) is 3. The number of aliphatic hydroxyl groups is 1. The van der Waals surface area contributed by atoms with E-state index in [2.05, 4.69) is 0 Å². The van der Waals surface area contributed by atoms with Gasteiger partial charge in [0.05, 0.1) is 0 Å². The molecule has 1 atom stereocenters. The maximum atomic E-state index is 12.1. The second-order valence-electron chi connectivity index (χ2n) is 4.41. The maximum absolute atomic E-state index is 12.1. The normalized spacial score (nSPS) is 15.1. The third-order valence-corrected chi connectivity index (χ3v) is 4.96. The molecule has 0 aliphatic heterocycles. The number of rotatable bonds is 7. The molecular weight excluding hydrogens is 228 g/mol. The molecule has 16 heavy (non-hydrogen) atoms. The molecule has 0 aliphatic carbocycles. The minimum absolute atomic E-state index is 0.00328. The molecule has 0 spiro atoms. The second kappa shape index (κ2) is 6.54. The fraction of sp³-hybridized carbons (Fsp3) is 1.00. The zero-order chi connectivity index (χ0) is 12.9. The van der Waals surface area contributed by atoms with E-state index in [1.54, 1.807) is 7.05 Å². The highest BCUT2D eigenvalue weighted by Gasteiger charge is 2.28. The van der Waals surface area contributed by atoms with E-state index >= 15 is 0 Å². The Bertz CT molecular complexity index is 290. The van der Waals surface area contributed by atoms with Crippen LogP contribution in [0.15, 0.2) is 0 Å². The summed E-state index contributed by atoms with van der Waals surface area (Å²) in [7, 11) is -0.271. The van der Waals surface area contributed by atoms with Crippen LogP contribution in [0.5, 0.6) is 0 Å². The van der Waals surface area contributed by atoms with E-state index in [9.17, 15) is 8.42 Å². The molecule has 0 saturated carbocycles. The van der Waals surface area contributed by atoms with E-state index in [1.807, 2.05) is 20.8 Å². The molecule has 0 aromatic carbocycles. The lowest BCUT2D eigenvalue weighted by atomic mass is 10.1. The summed E-state index contributed by atoms with van der Waals surface area (Å²) in [6.07, 6.45) is 0.458. The molecule has 1 N–H and O–H groups in total. The Hall–Kier alpha value is -0.170. The van der Waals surface area contributed by atoms with Crippen LogP contribution in [0.3, 0.4) is 0 Å². The smallest absolute Gasteiger partial charge is 0.281 e. The molecule has 0 saturated heterocycles. The molecule has 0 fully saturated rings. The van der Waals surface area contributed by atoms with Crippen molar-refractivity contribution in [1.29, 1.82) is 0 Å². The van der Waals surface area contributed by atoms with Crippen LogP contribution in [0.25, 0.3) is 0 Å². The lowest BCUT2D eigenvalue weighted by Gasteiger charge is -2.30. The van der Waals surface area contributed by atoms with Gasteiger partial charge in [-0.1, -0.05) is 13.8 Å². The van der Waals surface area contributed by atoms with Crippen molar-refractivity contribution in [3.05, 3.63) is 0 Å². The van der Waals surface area contributed by atoms with Gasteiger partial charge in [-0.3, -0.25) is 0 Å². The first kappa shape index (κ1) is 15.8. The summed E-state index contributed by atoms with van der Waals surface area (Å²) < 4.78 is 26.8. The number of aliphatic hydroxyl groups excluding tert-OH is 1. The molecule has 0 radical (unpaired) electrons. The predicted molar refractivity (Wildman–Crippen MR) is 65.3 cm³/mol. The van der Waals surface area contributed by atoms with Gasteiger partial charge in [0.25, 0.3) is 10.2 Å². The zero-order valence-corrected chi connectivity index (χ0v) is 11.7. The van der Waals surface area contributed by atoms with Crippen LogP contribution in [-0.2, 0) is 10.2 Å². The Balaban J connectivity index is 4.65. The third kappa shape index (κ3) is 4.01. The van der Waals surface area contributed by atoms with E-state index in [1.165, 1.54) is 15.7 Å². The summed E-state index contributed by atoms with van der Waals surface area (Å²) in [5, 5.41) is 8.68. The Labute approximate surface area is 99.2 Å². The Morgan fingerprint density at radius 2 is 1.69 bits per heavy atom. The highest BCUT2D eigenvalue weighted by molar-refractivity contribution is 7.86. The Kier molecular flexibility index (Phi) is 6.47. The topological polar surface area (TPSA) is 60.9 Å². The van der Waals surface area contributed by atoms with Crippen LogP contribution in [0.4, 0.5) is 0 Å². The molecule has 0 aromatic rings. The van der Waals surface area contributed by atoms with E-state index < -0.39 is 10.2 Å². The molecule has 0 aliphatic rings. The average Bonchev–Trinajstić information content (AvgIpc) is 2.23. The lowest BCUT2D eigenvalue weighted by Crippen LogP contribution is -2.46. The van der Waals surface area contributed by atoms with Crippen LogP contribution < -0.4 is 0 Å². The monoisotopic (exact) mass is 252 g/mol. The number of nitrogens with zero attached hydrogens (tertiary/aromatic N) is 2. The van der Waals surface area contributed by atoms with E-state index in [-0.39, 0.29) is 18.6 Å². The molecule has 0 rings (SSSR count). The summed E-state index contributed by atoms with van der Waals surface area (Å²) in [6, 6.07) is -0.0402. The van der Waals surface area contributed by atoms with Crippen molar-refractivity contribution in [2.24, 2.45) is 5.92 Å². The van der Waals surface area contributed by atoms with Crippen molar-refractivity contribution in [2.75, 3.05) is 27.2 Å². The number of hydrogen-bond donors (Lipinski definition) is 1. The fourth-order valence-corrected chi connectivity index (χ4v) is 2.72. The van der Waals surface area contributed by atoms with E-state index in [4.69, 9.17) is 5.11 Å². The summed E-state index contributed by atoms with van der Waals surface area (Å²) in [5.74, 6) is 0.269. The third-order valence-electron chi connectivity index (χ3n) is 2.93. The van der Waals surface area contributed by atoms with Crippen LogP contribution >= 0.6 is 0 Å². The molecular formula is C10H24N2O3S. The van der Waals surface area contributed by atoms with Gasteiger partial charge in [-0.25, -0.2) is 0 Å². The van der Waals surface area contributed by atoms with Gasteiger partial charge in [0.2, 0.25) is 0 Å². The first-order valence-corrected chi connectivity index (χ1v) is 6.95. The summed E-state index contributed by atoms with van der Waals surface area (Å²) in [4.78, 5) is 0. The Morgan fingerprint density at radius 3 is 2.06 bits per heavy atom. The van der Waals surface area contributed by atoms with Crippen LogP contribution in [0.2, 0.25) is 0 Å². The van der Waals surface area contributed by atoms with Crippen LogP contribution in [-0.4, -0.2) is 55.4 Å². The van der Waals surface area contributed by atoms with Crippen molar-refractivity contribution in [3.63, 3.8) is 0 Å². The Morgan fingerprint density at radius 1 is 1.19 bits per heavy atom. The van der Waals surface area contributed by atoms with Gasteiger partial charge in [-0.2, -0.15) is 17.0 Å². The van der Waals surface area contributed by atoms with Gasteiger partial charge < -0.3 is 5.11 Å². The predicted octanol–water partition coefficient (Wildman–Crippen LogP) is 0.522. The van der Waals surface area contributed by atoms with Crippen molar-refractivity contribution in [3.8, 4) is 0 Å². The van der Waals surface area contributed by atoms with E-state index in [0.717, 1.165) is 0 Å². The quantitative estimate of drug-likeness (QED) is 0.718. The minimum Gasteiger partial charge on any atom is -0.396 e. The average molecular weight is 252 g/mol. The van der Waals surface area contributed by atoms with Crippen molar-refractivity contribution in [1.82, 2.24) is 8.61 Å². The van der Waals surface area contributed by atoms with Gasteiger partial charge in [-0.05, 0) is 19.3 Å². The van der Waals surface area contributed by atoms with Crippen molar-refractivity contribution >= 4 is 10.2 Å². The fourth-order valence-electron chi connectivity index (χ4n) is 1.26. The first-order chi connectivity index (χ1) is 7.25. The molecule has 6 heteroatoms. The second-order valence-corrected chi connectivity index (χ2v) is 6.50. The van der Waals surface area contributed by atoms with Gasteiger partial charge in [0.1, 0.15) is 0 Å². The standard InChI is InChI=1S/C10H24N2O3S/c1-9(2)10(3)12(5)16(14,15)11(4)7-6-8-13/h9-10,13H,6-8H2,1-5H3. The van der Waals surface area contributed by atoms with Gasteiger partial charge in [-0.15, -0.1) is 0 Å². The zero-order valence-electron chi connectivity index (χ0n) is 10.8. The van der Waals surface area contributed by atoms with Crippen molar-refractivity contribution < 1.29 is 13.5 Å². The first-order valence-electron chi connectivity index (χ1n) is 5.55.